The molecule has 2 unspecified atom stereocenters. The van der Waals surface area contributed by atoms with E-state index in [1.165, 1.54) is 44.6 Å². The molecule has 0 amide bonds. The number of hydrogen-bond donors (Lipinski definition) is 0. The van der Waals surface area contributed by atoms with Gasteiger partial charge in [-0.25, -0.2) is 0 Å². The molecule has 2 nitrogen and oxygen atoms in total. The molecule has 4 heteroatoms. The van der Waals surface area contributed by atoms with Crippen LogP contribution >= 0.6 is 0 Å². The van der Waals surface area contributed by atoms with Crippen LogP contribution in [0, 0.1) is 0 Å². The van der Waals surface area contributed by atoms with Gasteiger partial charge < -0.3 is 8.85 Å². The van der Waals surface area contributed by atoms with Crippen molar-refractivity contribution in [2.75, 3.05) is 0 Å². The molecule has 1 aliphatic carbocycles. The predicted octanol–water partition coefficient (Wildman–Crippen LogP) is 4.00. The molecule has 1 saturated carbocycles. The molecule has 2 rings (SSSR count). The van der Waals surface area contributed by atoms with E-state index in [2.05, 4.69) is 26.6 Å². The lowest BCUT2D eigenvalue weighted by atomic mass is 9.98. The van der Waals surface area contributed by atoms with E-state index in [1.54, 1.807) is 0 Å². The fraction of sp³-hybridized carbons (Fsp3) is 1.00. The summed E-state index contributed by atoms with van der Waals surface area (Å²) in [5, 5.41) is 0. The van der Waals surface area contributed by atoms with Gasteiger partial charge in [-0.2, -0.15) is 0 Å². The lowest BCUT2D eigenvalue weighted by Crippen LogP contribution is -2.66. The van der Waals surface area contributed by atoms with E-state index in [4.69, 9.17) is 8.85 Å². The van der Waals surface area contributed by atoms with Crippen LogP contribution in [-0.4, -0.2) is 27.9 Å². The average Bonchev–Trinajstić information content (AvgIpc) is 2.25. The van der Waals surface area contributed by atoms with Crippen molar-refractivity contribution in [3.63, 3.8) is 0 Å². The molecule has 0 N–H and O–H groups in total. The molecule has 2 aliphatic rings. The van der Waals surface area contributed by atoms with Crippen molar-refractivity contribution in [1.82, 2.24) is 0 Å². The largest absolute Gasteiger partial charge is 0.415 e. The van der Waals surface area contributed by atoms with Crippen LogP contribution < -0.4 is 0 Å². The molecule has 17 heavy (non-hydrogen) atoms. The van der Waals surface area contributed by atoms with Gasteiger partial charge in [-0.3, -0.25) is 0 Å². The Balaban J connectivity index is 2.01. The van der Waals surface area contributed by atoms with Crippen molar-refractivity contribution >= 4 is 15.7 Å². The predicted molar refractivity (Wildman–Crippen MR) is 77.0 cm³/mol. The molecule has 2 fully saturated rings. The Bertz CT molecular complexity index is 264. The fourth-order valence-electron chi connectivity index (χ4n) is 3.22. The molecule has 1 heterocycles. The molecular formula is C13H28O2Si2. The van der Waals surface area contributed by atoms with Gasteiger partial charge in [0.1, 0.15) is 0 Å². The van der Waals surface area contributed by atoms with Crippen LogP contribution in [0.2, 0.25) is 25.7 Å². The number of rotatable bonds is 2. The van der Waals surface area contributed by atoms with Gasteiger partial charge in [0.15, 0.2) is 0 Å². The van der Waals surface area contributed by atoms with Gasteiger partial charge in [-0.05, 0) is 51.9 Å². The molecule has 1 aliphatic heterocycles. The Hall–Kier alpha value is 0.354. The van der Waals surface area contributed by atoms with Crippen LogP contribution in [0.25, 0.3) is 0 Å². The molecule has 0 radical (unpaired) electrons. The monoisotopic (exact) mass is 272 g/mol. The highest BCUT2D eigenvalue weighted by molar-refractivity contribution is 7.36. The van der Waals surface area contributed by atoms with Gasteiger partial charge in [-0.15, -0.1) is 0 Å². The second-order valence-corrected chi connectivity index (χ2v) is 19.8. The van der Waals surface area contributed by atoms with Crippen LogP contribution in [-0.2, 0) is 8.85 Å². The summed E-state index contributed by atoms with van der Waals surface area (Å²) in [6.07, 6.45) is 8.98. The highest BCUT2D eigenvalue weighted by atomic mass is 29.3. The van der Waals surface area contributed by atoms with Gasteiger partial charge in [0.25, 0.3) is 0 Å². The van der Waals surface area contributed by atoms with Crippen molar-refractivity contribution in [1.29, 1.82) is 0 Å². The van der Waals surface area contributed by atoms with Crippen molar-refractivity contribution < 1.29 is 8.85 Å². The van der Waals surface area contributed by atoms with Crippen molar-refractivity contribution in [2.24, 2.45) is 0 Å². The van der Waals surface area contributed by atoms with E-state index in [-0.39, 0.29) is 0 Å². The van der Waals surface area contributed by atoms with E-state index in [1.807, 2.05) is 0 Å². The minimum absolute atomic E-state index is 0.465. The SMILES string of the molecule is CC1CC[Si](C)(OC2CCCCC2)[Si](C)(C)O1. The first-order valence-electron chi connectivity index (χ1n) is 7.29. The minimum Gasteiger partial charge on any atom is -0.415 e. The highest BCUT2D eigenvalue weighted by Gasteiger charge is 2.53. The first-order valence-corrected chi connectivity index (χ1v) is 13.8. The molecule has 0 aromatic carbocycles. The molecular weight excluding hydrogens is 244 g/mol. The van der Waals surface area contributed by atoms with E-state index < -0.39 is 15.7 Å². The number of hydrogen-bond acceptors (Lipinski definition) is 2. The summed E-state index contributed by atoms with van der Waals surface area (Å²) in [6, 6.07) is 1.32. The van der Waals surface area contributed by atoms with Crippen LogP contribution in [0.1, 0.15) is 45.4 Å². The summed E-state index contributed by atoms with van der Waals surface area (Å²) >= 11 is 0. The molecule has 0 bridgehead atoms. The van der Waals surface area contributed by atoms with Crippen LogP contribution in [0.3, 0.4) is 0 Å². The molecule has 0 spiro atoms. The maximum absolute atomic E-state index is 6.66. The quantitative estimate of drug-likeness (QED) is 0.707. The van der Waals surface area contributed by atoms with Crippen molar-refractivity contribution in [2.45, 2.75) is 83.3 Å². The third-order valence-corrected chi connectivity index (χ3v) is 19.5. The van der Waals surface area contributed by atoms with E-state index in [9.17, 15) is 0 Å². The Labute approximate surface area is 108 Å². The third-order valence-electron chi connectivity index (χ3n) is 4.78. The Kier molecular flexibility index (Phi) is 4.18. The minimum atomic E-state index is -1.58. The summed E-state index contributed by atoms with van der Waals surface area (Å²) < 4.78 is 13.0. The smallest absolute Gasteiger partial charge is 0.208 e. The molecule has 0 aromatic rings. The van der Waals surface area contributed by atoms with E-state index in [0.29, 0.717) is 12.2 Å². The van der Waals surface area contributed by atoms with Gasteiger partial charge in [0.2, 0.25) is 15.7 Å². The van der Waals surface area contributed by atoms with Crippen LogP contribution in [0.15, 0.2) is 0 Å². The highest BCUT2D eigenvalue weighted by Crippen LogP contribution is 2.37. The zero-order valence-electron chi connectivity index (χ0n) is 11.9. The lowest BCUT2D eigenvalue weighted by Gasteiger charge is -2.48. The zero-order chi connectivity index (χ0) is 12.5. The Morgan fingerprint density at radius 2 is 1.65 bits per heavy atom. The molecule has 1 saturated heterocycles. The summed E-state index contributed by atoms with van der Waals surface area (Å²) in [5.41, 5.74) is 0. The van der Waals surface area contributed by atoms with Gasteiger partial charge in [0.05, 0.1) is 0 Å². The Morgan fingerprint density at radius 3 is 2.24 bits per heavy atom. The lowest BCUT2D eigenvalue weighted by molar-refractivity contribution is 0.131. The summed E-state index contributed by atoms with van der Waals surface area (Å²) in [5.74, 6) is 0. The second kappa shape index (κ2) is 5.15. The summed E-state index contributed by atoms with van der Waals surface area (Å²) in [7, 11) is -3.15. The fourth-order valence-corrected chi connectivity index (χ4v) is 12.5. The van der Waals surface area contributed by atoms with Gasteiger partial charge >= 0.3 is 0 Å². The van der Waals surface area contributed by atoms with E-state index in [0.717, 1.165) is 0 Å². The van der Waals surface area contributed by atoms with Gasteiger partial charge in [0, 0.05) is 12.2 Å². The van der Waals surface area contributed by atoms with E-state index >= 15 is 0 Å². The molecule has 0 aromatic heterocycles. The first-order chi connectivity index (χ1) is 7.93. The normalized spacial score (nSPS) is 39.2. The topological polar surface area (TPSA) is 18.5 Å². The third kappa shape index (κ3) is 3.03. The average molecular weight is 273 g/mol. The maximum atomic E-state index is 6.66. The second-order valence-electron chi connectivity index (χ2n) is 6.59. The Morgan fingerprint density at radius 1 is 1.00 bits per heavy atom. The van der Waals surface area contributed by atoms with Crippen LogP contribution in [0.4, 0.5) is 0 Å². The molecule has 2 atom stereocenters. The van der Waals surface area contributed by atoms with Crippen LogP contribution in [0.5, 0.6) is 0 Å². The molecule has 100 valence electrons. The van der Waals surface area contributed by atoms with Crippen molar-refractivity contribution in [3.05, 3.63) is 0 Å². The summed E-state index contributed by atoms with van der Waals surface area (Å²) in [6.45, 7) is 9.44. The van der Waals surface area contributed by atoms with Gasteiger partial charge in [-0.1, -0.05) is 19.3 Å². The zero-order valence-corrected chi connectivity index (χ0v) is 13.9. The van der Waals surface area contributed by atoms with Crippen molar-refractivity contribution in [3.8, 4) is 0 Å². The first kappa shape index (κ1) is 13.8. The standard InChI is InChI=1S/C13H28O2Si2/c1-12-10-11-17(4,16(2,3)14-12)15-13-8-6-5-7-9-13/h12-13H,5-11H2,1-4H3. The maximum Gasteiger partial charge on any atom is 0.208 e. The summed E-state index contributed by atoms with van der Waals surface area (Å²) in [4.78, 5) is 0.